The third-order valence-corrected chi connectivity index (χ3v) is 18.5. The van der Waals surface area contributed by atoms with Gasteiger partial charge in [-0.2, -0.15) is 0 Å². The Morgan fingerprint density at radius 1 is 0.577 bits per heavy atom. The SMILES string of the molecule is [2H]C([2H])([2H])c1ccccc1N(c1ccccc1)c1cc2c3c(c1)N(c1ccc(C(C)(C)C)cc1)c1c(oc4cc5c(cc14)C(C)CCC5C)B3c1cc3c(cc1N2c1ccc(C(C)(C)C)cc1-c1ccccc1)C(C)(C)CCC3(C)C. The zero-order valence-electron chi connectivity index (χ0n) is 50.9. The van der Waals surface area contributed by atoms with Crippen molar-refractivity contribution >= 4 is 85.5 Å². The molecule has 0 bridgehead atoms. The number of benzene rings is 8. The number of nitrogens with zero attached hydrogens (tertiary/aromatic N) is 3. The minimum Gasteiger partial charge on any atom is -0.468 e. The fourth-order valence-electron chi connectivity index (χ4n) is 13.8. The molecule has 8 aromatic carbocycles. The minimum absolute atomic E-state index is 0.0684. The number of para-hydroxylation sites is 2. The van der Waals surface area contributed by atoms with Gasteiger partial charge in [-0.15, -0.1) is 0 Å². The zero-order valence-corrected chi connectivity index (χ0v) is 47.9. The lowest BCUT2D eigenvalue weighted by atomic mass is 9.35. The monoisotopic (exact) mass is 1020 g/mol. The predicted molar refractivity (Wildman–Crippen MR) is 334 cm³/mol. The maximum absolute atomic E-state index is 9.04. The molecule has 392 valence electrons. The first kappa shape index (κ1) is 46.8. The van der Waals surface area contributed by atoms with Crippen LogP contribution in [0.1, 0.15) is 164 Å². The summed E-state index contributed by atoms with van der Waals surface area (Å²) >= 11 is 0. The van der Waals surface area contributed by atoms with E-state index in [9.17, 15) is 0 Å². The Bertz CT molecular complexity index is 3950. The van der Waals surface area contributed by atoms with Crippen LogP contribution < -0.4 is 31.3 Å². The molecule has 2 aliphatic heterocycles. The molecule has 0 amide bonds. The first-order valence-corrected chi connectivity index (χ1v) is 28.7. The molecule has 0 fully saturated rings. The molecule has 0 spiro atoms. The van der Waals surface area contributed by atoms with Gasteiger partial charge < -0.3 is 19.1 Å². The number of fused-ring (bicyclic) bond motifs is 8. The summed E-state index contributed by atoms with van der Waals surface area (Å²) in [5.41, 5.74) is 23.2. The average molecular weight is 1030 g/mol. The normalized spacial score (nSPS) is 18.7. The van der Waals surface area contributed by atoms with Gasteiger partial charge in [-0.1, -0.05) is 174 Å². The standard InChI is InChI=1S/C73H76BN3O/c1-45-28-29-46(2)55-42-66-57(41-54(45)55)68-69(78-66)74-60-43-58-59(73(12,13)37-36-72(58,10)11)44-63(60)77(62-35-32-50(71(7,8)9)38-56(62)48-23-16-14-17-24-48)65-40-53(75(51-25-18-15-19-26-51)61-27-21-20-22-47(61)3)39-64(67(65)74)76(68)52-33-30-49(31-34-52)70(4,5)6/h14-27,30-35,38-46H,28-29,36-37H2,1-13H3/i3D3. The number of aryl methyl sites for hydroxylation is 1. The molecular weight excluding hydrogens is 946 g/mol. The molecular formula is C73H76BN3O. The fraction of sp³-hybridized carbons (Fsp3) is 0.315. The highest BCUT2D eigenvalue weighted by Crippen LogP contribution is 2.55. The van der Waals surface area contributed by atoms with Crippen LogP contribution in [0.3, 0.4) is 0 Å². The summed E-state index contributed by atoms with van der Waals surface area (Å²) in [5.74, 6) is 0.823. The van der Waals surface area contributed by atoms with E-state index in [1.54, 1.807) is 6.07 Å². The molecule has 0 saturated heterocycles. The average Bonchev–Trinajstić information content (AvgIpc) is 3.90. The Labute approximate surface area is 469 Å². The largest absolute Gasteiger partial charge is 0.468 e. The van der Waals surface area contributed by atoms with Crippen molar-refractivity contribution < 1.29 is 8.53 Å². The van der Waals surface area contributed by atoms with Crippen molar-refractivity contribution in [3.05, 3.63) is 203 Å². The maximum atomic E-state index is 9.04. The predicted octanol–water partition coefficient (Wildman–Crippen LogP) is 18.9. The van der Waals surface area contributed by atoms with Crippen molar-refractivity contribution in [2.45, 2.75) is 149 Å². The summed E-state index contributed by atoms with van der Waals surface area (Å²) in [4.78, 5) is 7.27. The molecule has 2 atom stereocenters. The molecule has 5 heteroatoms. The van der Waals surface area contributed by atoms with Gasteiger partial charge in [-0.3, -0.25) is 0 Å². The van der Waals surface area contributed by atoms with Crippen LogP contribution in [0.15, 0.2) is 168 Å². The van der Waals surface area contributed by atoms with Crippen LogP contribution in [-0.4, -0.2) is 6.71 Å². The molecule has 2 unspecified atom stereocenters. The van der Waals surface area contributed by atoms with Gasteiger partial charge in [0.15, 0.2) is 0 Å². The lowest BCUT2D eigenvalue weighted by Gasteiger charge is -2.47. The van der Waals surface area contributed by atoms with E-state index in [2.05, 4.69) is 219 Å². The van der Waals surface area contributed by atoms with E-state index >= 15 is 0 Å². The smallest absolute Gasteiger partial charge is 0.297 e. The number of hydrogen-bond donors (Lipinski definition) is 0. The fourth-order valence-corrected chi connectivity index (χ4v) is 13.8. The third-order valence-electron chi connectivity index (χ3n) is 18.5. The Hall–Kier alpha value is -7.24. The van der Waals surface area contributed by atoms with Gasteiger partial charge in [0, 0.05) is 49.2 Å². The highest BCUT2D eigenvalue weighted by atomic mass is 16.3. The molecule has 13 rings (SSSR count). The van der Waals surface area contributed by atoms with Gasteiger partial charge in [0.05, 0.1) is 22.7 Å². The minimum atomic E-state index is -2.40. The molecule has 4 nitrogen and oxygen atoms in total. The number of hydrogen-bond acceptors (Lipinski definition) is 4. The second-order valence-electron chi connectivity index (χ2n) is 26.7. The van der Waals surface area contributed by atoms with Crippen LogP contribution in [0.25, 0.3) is 22.1 Å². The molecule has 3 heterocycles. The number of furan rings is 1. The maximum Gasteiger partial charge on any atom is 0.297 e. The van der Waals surface area contributed by atoms with E-state index in [1.165, 1.54) is 38.8 Å². The van der Waals surface area contributed by atoms with Crippen molar-refractivity contribution in [1.82, 2.24) is 0 Å². The molecule has 0 N–H and O–H groups in total. The molecule has 78 heavy (non-hydrogen) atoms. The quantitative estimate of drug-likeness (QED) is 0.155. The lowest BCUT2D eigenvalue weighted by Crippen LogP contribution is -2.61. The highest BCUT2D eigenvalue weighted by Gasteiger charge is 2.50. The van der Waals surface area contributed by atoms with Crippen LogP contribution in [0.2, 0.25) is 0 Å². The third kappa shape index (κ3) is 7.99. The summed E-state index contributed by atoms with van der Waals surface area (Å²) < 4.78 is 34.9. The van der Waals surface area contributed by atoms with E-state index in [-0.39, 0.29) is 33.9 Å². The summed E-state index contributed by atoms with van der Waals surface area (Å²) in [6, 6.07) is 59.9. The van der Waals surface area contributed by atoms with E-state index in [1.807, 2.05) is 36.4 Å². The molecule has 9 aromatic rings. The van der Waals surface area contributed by atoms with Crippen molar-refractivity contribution in [3.63, 3.8) is 0 Å². The van der Waals surface area contributed by atoms with Crippen LogP contribution in [0.5, 0.6) is 0 Å². The second kappa shape index (κ2) is 17.9. The van der Waals surface area contributed by atoms with Crippen LogP contribution in [0.4, 0.5) is 51.2 Å². The van der Waals surface area contributed by atoms with E-state index in [4.69, 9.17) is 8.53 Å². The number of rotatable bonds is 6. The van der Waals surface area contributed by atoms with Gasteiger partial charge in [0.2, 0.25) is 0 Å². The summed E-state index contributed by atoms with van der Waals surface area (Å²) in [6.07, 6.45) is 4.45. The zero-order chi connectivity index (χ0) is 56.9. The van der Waals surface area contributed by atoms with Crippen molar-refractivity contribution in [3.8, 4) is 11.1 Å². The molecule has 0 saturated carbocycles. The first-order valence-electron chi connectivity index (χ1n) is 30.2. The summed E-state index contributed by atoms with van der Waals surface area (Å²) in [7, 11) is 0. The van der Waals surface area contributed by atoms with Gasteiger partial charge >= 0.3 is 0 Å². The molecule has 0 radical (unpaired) electrons. The lowest BCUT2D eigenvalue weighted by molar-refractivity contribution is 0.332. The molecule has 2 aliphatic carbocycles. The van der Waals surface area contributed by atoms with Gasteiger partial charge in [0.1, 0.15) is 5.58 Å². The van der Waals surface area contributed by atoms with E-state index in [0.29, 0.717) is 17.5 Å². The van der Waals surface area contributed by atoms with Gasteiger partial charge in [0.25, 0.3) is 6.71 Å². The van der Waals surface area contributed by atoms with Crippen LogP contribution in [0, 0.1) is 6.85 Å². The van der Waals surface area contributed by atoms with Crippen LogP contribution >= 0.6 is 0 Å². The first-order chi connectivity index (χ1) is 38.4. The van der Waals surface area contributed by atoms with Gasteiger partial charge in [-0.25, -0.2) is 0 Å². The Balaban J connectivity index is 1.23. The van der Waals surface area contributed by atoms with E-state index in [0.717, 1.165) is 104 Å². The Morgan fingerprint density at radius 2 is 1.17 bits per heavy atom. The molecule has 4 aliphatic rings. The van der Waals surface area contributed by atoms with Crippen LogP contribution in [-0.2, 0) is 21.7 Å². The highest BCUT2D eigenvalue weighted by molar-refractivity contribution is 7.00. The van der Waals surface area contributed by atoms with Crippen molar-refractivity contribution in [2.75, 3.05) is 14.7 Å². The summed E-state index contributed by atoms with van der Waals surface area (Å²) in [6.45, 7) is 25.5. The van der Waals surface area contributed by atoms with Crippen molar-refractivity contribution in [1.29, 1.82) is 0 Å². The van der Waals surface area contributed by atoms with E-state index < -0.39 is 6.85 Å². The Kier molecular flexibility index (Phi) is 10.7. The van der Waals surface area contributed by atoms with Gasteiger partial charge in [-0.05, 0) is 194 Å². The second-order valence-corrected chi connectivity index (χ2v) is 26.7. The molecule has 1 aromatic heterocycles. The Morgan fingerprint density at radius 3 is 1.82 bits per heavy atom. The summed E-state index contributed by atoms with van der Waals surface area (Å²) in [5, 5.41) is 1.11. The number of anilines is 9. The van der Waals surface area contributed by atoms with Crippen molar-refractivity contribution in [2.24, 2.45) is 0 Å². The topological polar surface area (TPSA) is 22.9 Å².